The number of nitrogens with zero attached hydrogens (tertiary/aromatic N) is 1. The van der Waals surface area contributed by atoms with Crippen LogP contribution < -0.4 is 15.4 Å². The van der Waals surface area contributed by atoms with Gasteiger partial charge in [0.05, 0.1) is 11.6 Å². The van der Waals surface area contributed by atoms with Crippen LogP contribution in [0.2, 0.25) is 10.0 Å². The maximum atomic E-state index is 11.6. The normalized spacial score (nSPS) is 14.0. The van der Waals surface area contributed by atoms with Gasteiger partial charge >= 0.3 is 6.03 Å². The lowest BCUT2D eigenvalue weighted by Crippen LogP contribution is -2.39. The minimum absolute atomic E-state index is 0.00897. The van der Waals surface area contributed by atoms with Gasteiger partial charge < -0.3 is 15.4 Å². The molecule has 9 heteroatoms. The van der Waals surface area contributed by atoms with Crippen LogP contribution in [0.4, 0.5) is 4.79 Å². The van der Waals surface area contributed by atoms with Crippen LogP contribution in [0.3, 0.4) is 0 Å². The Balaban J connectivity index is 1.72. The first-order valence-corrected chi connectivity index (χ1v) is 7.15. The van der Waals surface area contributed by atoms with Crippen LogP contribution in [0.5, 0.6) is 5.75 Å². The molecule has 0 unspecified atom stereocenters. The Morgan fingerprint density at radius 1 is 1.36 bits per heavy atom. The second-order valence-electron chi connectivity index (χ2n) is 4.42. The summed E-state index contributed by atoms with van der Waals surface area (Å²) in [5.41, 5.74) is 0. The third-order valence-electron chi connectivity index (χ3n) is 2.85. The van der Waals surface area contributed by atoms with E-state index in [2.05, 4.69) is 10.6 Å². The first kappa shape index (κ1) is 16.4. The van der Waals surface area contributed by atoms with E-state index < -0.39 is 11.9 Å². The Morgan fingerprint density at radius 2 is 2.14 bits per heavy atom. The first-order chi connectivity index (χ1) is 10.5. The van der Waals surface area contributed by atoms with Gasteiger partial charge in [0, 0.05) is 18.1 Å². The molecule has 0 saturated carbocycles. The van der Waals surface area contributed by atoms with E-state index in [0.29, 0.717) is 15.8 Å². The monoisotopic (exact) mass is 345 g/mol. The smallest absolute Gasteiger partial charge is 0.324 e. The average molecular weight is 346 g/mol. The molecule has 4 amide bonds. The van der Waals surface area contributed by atoms with Gasteiger partial charge in [0.25, 0.3) is 5.91 Å². The Labute approximate surface area is 136 Å². The summed E-state index contributed by atoms with van der Waals surface area (Å²) in [6, 6.07) is 4.21. The van der Waals surface area contributed by atoms with Crippen molar-refractivity contribution in [2.75, 3.05) is 26.2 Å². The number of urea groups is 1. The van der Waals surface area contributed by atoms with E-state index in [9.17, 15) is 14.4 Å². The minimum Gasteiger partial charge on any atom is -0.482 e. The molecule has 0 spiro atoms. The second kappa shape index (κ2) is 7.33. The van der Waals surface area contributed by atoms with Gasteiger partial charge in [-0.05, 0) is 18.2 Å². The van der Waals surface area contributed by atoms with Gasteiger partial charge in [0.2, 0.25) is 5.91 Å². The van der Waals surface area contributed by atoms with Crippen molar-refractivity contribution in [2.45, 2.75) is 0 Å². The molecule has 0 aromatic heterocycles. The molecule has 118 valence electrons. The summed E-state index contributed by atoms with van der Waals surface area (Å²) in [5.74, 6) is -0.364. The molecule has 0 atom stereocenters. The number of imide groups is 1. The summed E-state index contributed by atoms with van der Waals surface area (Å²) in [7, 11) is 0. The van der Waals surface area contributed by atoms with Crippen LogP contribution in [0.1, 0.15) is 0 Å². The molecular weight excluding hydrogens is 333 g/mol. The minimum atomic E-state index is -0.455. The van der Waals surface area contributed by atoms with Gasteiger partial charge in [-0.1, -0.05) is 23.2 Å². The van der Waals surface area contributed by atoms with Gasteiger partial charge in [-0.3, -0.25) is 14.5 Å². The summed E-state index contributed by atoms with van der Waals surface area (Å²) in [6.45, 7) is 0.0141. The van der Waals surface area contributed by atoms with Crippen LogP contribution in [0, 0.1) is 0 Å². The van der Waals surface area contributed by atoms with Crippen LogP contribution in [-0.2, 0) is 9.59 Å². The summed E-state index contributed by atoms with van der Waals surface area (Å²) in [4.78, 5) is 35.2. The maximum absolute atomic E-state index is 11.6. The third kappa shape index (κ3) is 4.25. The van der Waals surface area contributed by atoms with Crippen molar-refractivity contribution in [2.24, 2.45) is 0 Å². The number of benzene rings is 1. The van der Waals surface area contributed by atoms with E-state index in [-0.39, 0.29) is 32.1 Å². The summed E-state index contributed by atoms with van der Waals surface area (Å²) < 4.78 is 5.26. The highest BCUT2D eigenvalue weighted by Gasteiger charge is 2.27. The largest absolute Gasteiger partial charge is 0.482 e. The predicted octanol–water partition coefficient (Wildman–Crippen LogP) is 1.04. The molecule has 0 radical (unpaired) electrons. The van der Waals surface area contributed by atoms with Gasteiger partial charge in [0.1, 0.15) is 5.75 Å². The number of rotatable bonds is 6. The van der Waals surface area contributed by atoms with Crippen molar-refractivity contribution in [1.29, 1.82) is 0 Å². The van der Waals surface area contributed by atoms with Crippen molar-refractivity contribution in [1.82, 2.24) is 15.5 Å². The first-order valence-electron chi connectivity index (χ1n) is 6.40. The molecule has 1 saturated heterocycles. The molecule has 7 nitrogen and oxygen atoms in total. The van der Waals surface area contributed by atoms with E-state index in [1.54, 1.807) is 12.1 Å². The fourth-order valence-electron chi connectivity index (χ4n) is 1.78. The molecule has 1 aromatic rings. The lowest BCUT2D eigenvalue weighted by Gasteiger charge is -2.13. The molecule has 1 aliphatic heterocycles. The highest BCUT2D eigenvalue weighted by Crippen LogP contribution is 2.27. The molecule has 1 heterocycles. The van der Waals surface area contributed by atoms with E-state index in [0.717, 1.165) is 4.90 Å². The molecule has 1 fully saturated rings. The van der Waals surface area contributed by atoms with Gasteiger partial charge in [-0.15, -0.1) is 0 Å². The number of halogens is 2. The molecule has 2 rings (SSSR count). The van der Waals surface area contributed by atoms with Crippen molar-refractivity contribution in [3.63, 3.8) is 0 Å². The Hall–Kier alpha value is -1.99. The van der Waals surface area contributed by atoms with Crippen molar-refractivity contribution in [3.8, 4) is 5.75 Å². The number of hydrogen-bond donors (Lipinski definition) is 2. The second-order valence-corrected chi connectivity index (χ2v) is 5.26. The lowest BCUT2D eigenvalue weighted by molar-refractivity contribution is -0.126. The number of amides is 4. The molecule has 0 aliphatic carbocycles. The molecule has 22 heavy (non-hydrogen) atoms. The number of nitrogens with one attached hydrogen (secondary N) is 2. The summed E-state index contributed by atoms with van der Waals surface area (Å²) in [5, 5.41) is 5.71. The van der Waals surface area contributed by atoms with Crippen LogP contribution in [0.15, 0.2) is 18.2 Å². The predicted molar refractivity (Wildman–Crippen MR) is 80.1 cm³/mol. The summed E-state index contributed by atoms with van der Waals surface area (Å²) >= 11 is 11.7. The quantitative estimate of drug-likeness (QED) is 0.754. The zero-order valence-electron chi connectivity index (χ0n) is 11.4. The number of ether oxygens (including phenoxy) is 1. The lowest BCUT2D eigenvalue weighted by atomic mass is 10.3. The van der Waals surface area contributed by atoms with E-state index >= 15 is 0 Å². The van der Waals surface area contributed by atoms with Gasteiger partial charge in [0.15, 0.2) is 6.61 Å². The van der Waals surface area contributed by atoms with Crippen molar-refractivity contribution in [3.05, 3.63) is 28.2 Å². The number of carbonyl (C=O) groups excluding carboxylic acids is 3. The molecule has 1 aliphatic rings. The van der Waals surface area contributed by atoms with Crippen LogP contribution >= 0.6 is 23.2 Å². The average Bonchev–Trinajstić information content (AvgIpc) is 2.78. The Morgan fingerprint density at radius 3 is 2.77 bits per heavy atom. The van der Waals surface area contributed by atoms with Crippen molar-refractivity contribution < 1.29 is 19.1 Å². The standard InChI is InChI=1S/C13H13Cl2N3O4/c14-8-1-2-10(9(15)5-8)22-7-11(19)16-3-4-18-12(20)6-17-13(18)21/h1-2,5H,3-4,6-7H2,(H,16,19)(H,17,21). The highest BCUT2D eigenvalue weighted by molar-refractivity contribution is 6.35. The molecule has 0 bridgehead atoms. The third-order valence-corrected chi connectivity index (χ3v) is 3.38. The van der Waals surface area contributed by atoms with Crippen molar-refractivity contribution >= 4 is 41.0 Å². The zero-order valence-corrected chi connectivity index (χ0v) is 12.9. The molecule has 2 N–H and O–H groups in total. The SMILES string of the molecule is O=C(COc1ccc(Cl)cc1Cl)NCCN1C(=O)CNC1=O. The van der Waals surface area contributed by atoms with Gasteiger partial charge in [-0.25, -0.2) is 4.79 Å². The van der Waals surface area contributed by atoms with E-state index in [1.165, 1.54) is 6.07 Å². The molecular formula is C13H13Cl2N3O4. The van der Waals surface area contributed by atoms with Gasteiger partial charge in [-0.2, -0.15) is 0 Å². The van der Waals surface area contributed by atoms with Crippen LogP contribution in [-0.4, -0.2) is 49.0 Å². The Kier molecular flexibility index (Phi) is 5.46. The van der Waals surface area contributed by atoms with E-state index in [4.69, 9.17) is 27.9 Å². The topological polar surface area (TPSA) is 87.7 Å². The number of carbonyl (C=O) groups is 3. The zero-order chi connectivity index (χ0) is 16.1. The van der Waals surface area contributed by atoms with Crippen LogP contribution in [0.25, 0.3) is 0 Å². The molecule has 1 aromatic carbocycles. The maximum Gasteiger partial charge on any atom is 0.324 e. The fourth-order valence-corrected chi connectivity index (χ4v) is 2.24. The highest BCUT2D eigenvalue weighted by atomic mass is 35.5. The summed E-state index contributed by atoms with van der Waals surface area (Å²) in [6.07, 6.45) is 0. The van der Waals surface area contributed by atoms with E-state index in [1.807, 2.05) is 0 Å². The fraction of sp³-hybridized carbons (Fsp3) is 0.308. The number of hydrogen-bond acceptors (Lipinski definition) is 4. The Bertz CT molecular complexity index is 593.